The highest BCUT2D eigenvalue weighted by Crippen LogP contribution is 2.51. The van der Waals surface area contributed by atoms with Gasteiger partial charge in [0, 0.05) is 30.9 Å². The Morgan fingerprint density at radius 2 is 1.93 bits per heavy atom. The van der Waals surface area contributed by atoms with E-state index < -0.39 is 11.3 Å². The Kier molecular flexibility index (Phi) is 8.12. The molecule has 4 heterocycles. The lowest BCUT2D eigenvalue weighted by molar-refractivity contribution is -0.129. The molecular formula is C33H35N5O4S. The molecule has 43 heavy (non-hydrogen) atoms. The first-order chi connectivity index (χ1) is 20.8. The van der Waals surface area contributed by atoms with Gasteiger partial charge in [-0.05, 0) is 73.7 Å². The van der Waals surface area contributed by atoms with Crippen LogP contribution in [0.15, 0.2) is 78.0 Å². The van der Waals surface area contributed by atoms with Gasteiger partial charge in [-0.15, -0.1) is 0 Å². The fourth-order valence-electron chi connectivity index (χ4n) is 5.79. The summed E-state index contributed by atoms with van der Waals surface area (Å²) < 4.78 is 5.99. The van der Waals surface area contributed by atoms with Gasteiger partial charge in [-0.2, -0.15) is 0 Å². The van der Waals surface area contributed by atoms with Crippen molar-refractivity contribution < 1.29 is 19.1 Å². The van der Waals surface area contributed by atoms with Crippen LogP contribution in [0.2, 0.25) is 0 Å². The highest BCUT2D eigenvalue weighted by Gasteiger charge is 2.47. The Balaban J connectivity index is 1.18. The number of carbonyl (C=O) groups is 3. The molecule has 1 fully saturated rings. The van der Waals surface area contributed by atoms with E-state index in [1.54, 1.807) is 22.1 Å². The van der Waals surface area contributed by atoms with Gasteiger partial charge < -0.3 is 20.3 Å². The van der Waals surface area contributed by atoms with Crippen LogP contribution in [-0.2, 0) is 9.59 Å². The number of carbonyl (C=O) groups excluding carboxylic acids is 3. The second kappa shape index (κ2) is 12.1. The number of urea groups is 1. The van der Waals surface area contributed by atoms with Gasteiger partial charge in [-0.3, -0.25) is 14.5 Å². The highest BCUT2D eigenvalue weighted by atomic mass is 32.2. The normalized spacial score (nSPS) is 21.1. The molecule has 2 N–H and O–H groups in total. The van der Waals surface area contributed by atoms with E-state index in [0.717, 1.165) is 40.4 Å². The number of aryl methyl sites for hydroxylation is 1. The van der Waals surface area contributed by atoms with Crippen LogP contribution in [0.25, 0.3) is 0 Å². The zero-order chi connectivity index (χ0) is 30.1. The molecule has 222 valence electrons. The van der Waals surface area contributed by atoms with E-state index in [2.05, 4.69) is 15.6 Å². The maximum atomic E-state index is 13.6. The van der Waals surface area contributed by atoms with Crippen LogP contribution >= 0.6 is 11.8 Å². The summed E-state index contributed by atoms with van der Waals surface area (Å²) in [5.41, 5.74) is 3.15. The third kappa shape index (κ3) is 5.97. The van der Waals surface area contributed by atoms with E-state index in [9.17, 15) is 14.4 Å². The van der Waals surface area contributed by atoms with Crippen molar-refractivity contribution in [1.29, 1.82) is 0 Å². The zero-order valence-electron chi connectivity index (χ0n) is 24.4. The highest BCUT2D eigenvalue weighted by molar-refractivity contribution is 8.01. The van der Waals surface area contributed by atoms with Gasteiger partial charge in [0.25, 0.3) is 0 Å². The number of nitrogens with one attached hydrogen (secondary N) is 2. The van der Waals surface area contributed by atoms with Crippen molar-refractivity contribution in [2.24, 2.45) is 5.92 Å². The van der Waals surface area contributed by atoms with Crippen LogP contribution in [0.5, 0.6) is 11.5 Å². The Bertz CT molecular complexity index is 1580. The number of thioether (sulfide) groups is 1. The molecule has 3 aromatic rings. The van der Waals surface area contributed by atoms with E-state index in [1.807, 2.05) is 81.4 Å². The van der Waals surface area contributed by atoms with E-state index in [0.29, 0.717) is 30.4 Å². The molecule has 3 aliphatic heterocycles. The fraction of sp³-hybridized carbons (Fsp3) is 0.333. The molecule has 0 aliphatic carbocycles. The van der Waals surface area contributed by atoms with Crippen LogP contribution in [0.3, 0.4) is 0 Å². The average molecular weight is 598 g/mol. The van der Waals surface area contributed by atoms with Gasteiger partial charge in [-0.25, -0.2) is 9.78 Å². The number of benzene rings is 2. The van der Waals surface area contributed by atoms with E-state index in [-0.39, 0.29) is 23.9 Å². The number of pyridine rings is 1. The second-order valence-corrected chi connectivity index (χ2v) is 12.6. The first-order valence-electron chi connectivity index (χ1n) is 14.7. The molecule has 2 aromatic carbocycles. The van der Waals surface area contributed by atoms with Crippen LogP contribution < -0.4 is 20.3 Å². The van der Waals surface area contributed by atoms with Crippen molar-refractivity contribution in [3.05, 3.63) is 84.1 Å². The smallest absolute Gasteiger partial charge is 0.327 e. The number of ether oxygens (including phenoxy) is 1. The molecule has 10 heteroatoms. The molecule has 9 nitrogen and oxygen atoms in total. The molecule has 0 radical (unpaired) electrons. The number of aromatic nitrogens is 1. The first-order valence-corrected chi connectivity index (χ1v) is 15.5. The predicted octanol–water partition coefficient (Wildman–Crippen LogP) is 5.88. The van der Waals surface area contributed by atoms with Crippen LogP contribution in [0.4, 0.5) is 16.2 Å². The Hall–Kier alpha value is -4.31. The van der Waals surface area contributed by atoms with E-state index >= 15 is 0 Å². The monoisotopic (exact) mass is 597 g/mol. The maximum absolute atomic E-state index is 13.6. The van der Waals surface area contributed by atoms with E-state index in [1.165, 1.54) is 11.8 Å². The molecule has 6 rings (SSSR count). The Morgan fingerprint density at radius 1 is 1.12 bits per heavy atom. The zero-order valence-corrected chi connectivity index (χ0v) is 25.3. The SMILES string of the molecule is Cc1cc(Oc2ccccc2)ccc1N1C(=O)NC2c3c1ccnc3S[C@H]2C(=O)NC1CCCN(C(=O)/C=C/C(C)C)C1. The van der Waals surface area contributed by atoms with Gasteiger partial charge in [0.1, 0.15) is 21.8 Å². The minimum Gasteiger partial charge on any atom is -0.457 e. The van der Waals surface area contributed by atoms with Gasteiger partial charge in [0.2, 0.25) is 11.8 Å². The Morgan fingerprint density at radius 3 is 2.70 bits per heavy atom. The third-order valence-electron chi connectivity index (χ3n) is 7.86. The lowest BCUT2D eigenvalue weighted by atomic mass is 9.98. The first kappa shape index (κ1) is 28.8. The number of hydrogen-bond acceptors (Lipinski definition) is 6. The minimum absolute atomic E-state index is 0.0290. The van der Waals surface area contributed by atoms with Crippen molar-refractivity contribution in [2.45, 2.75) is 56.0 Å². The number of amides is 4. The summed E-state index contributed by atoms with van der Waals surface area (Å²) in [6.45, 7) is 7.15. The molecule has 4 amide bonds. The number of allylic oxidation sites excluding steroid dienone is 1. The topological polar surface area (TPSA) is 104 Å². The summed E-state index contributed by atoms with van der Waals surface area (Å²) in [5, 5.41) is 6.41. The summed E-state index contributed by atoms with van der Waals surface area (Å²) in [7, 11) is 0. The number of piperidine rings is 1. The quantitative estimate of drug-likeness (QED) is 0.330. The van der Waals surface area contributed by atoms with Gasteiger partial charge >= 0.3 is 6.03 Å². The molecule has 1 aromatic heterocycles. The van der Waals surface area contributed by atoms with Crippen LogP contribution in [0.1, 0.15) is 43.9 Å². The number of para-hydroxylation sites is 1. The van der Waals surface area contributed by atoms with E-state index in [4.69, 9.17) is 4.74 Å². The molecule has 0 bridgehead atoms. The molecular weight excluding hydrogens is 562 g/mol. The van der Waals surface area contributed by atoms with Crippen LogP contribution in [-0.4, -0.2) is 52.1 Å². The van der Waals surface area contributed by atoms with Crippen molar-refractivity contribution in [2.75, 3.05) is 18.0 Å². The Labute approximate surface area is 255 Å². The van der Waals surface area contributed by atoms with Crippen molar-refractivity contribution in [3.63, 3.8) is 0 Å². The maximum Gasteiger partial charge on any atom is 0.327 e. The number of nitrogens with zero attached hydrogens (tertiary/aromatic N) is 3. The number of anilines is 2. The van der Waals surface area contributed by atoms with Crippen LogP contribution in [0, 0.1) is 12.8 Å². The molecule has 2 unspecified atom stereocenters. The summed E-state index contributed by atoms with van der Waals surface area (Å²) in [6.07, 6.45) is 6.82. The predicted molar refractivity (Wildman–Crippen MR) is 167 cm³/mol. The number of rotatable bonds is 7. The van der Waals surface area contributed by atoms with Gasteiger partial charge in [-0.1, -0.05) is 49.9 Å². The lowest BCUT2D eigenvalue weighted by Crippen LogP contribution is -2.53. The van der Waals surface area contributed by atoms with Gasteiger partial charge in [0.15, 0.2) is 0 Å². The van der Waals surface area contributed by atoms with Gasteiger partial charge in [0.05, 0.1) is 17.4 Å². The molecule has 3 atom stereocenters. The van der Waals surface area contributed by atoms with Crippen molar-refractivity contribution in [3.8, 4) is 11.5 Å². The molecule has 0 saturated carbocycles. The largest absolute Gasteiger partial charge is 0.457 e. The van der Waals surface area contributed by atoms with Crippen molar-refractivity contribution >= 4 is 41.0 Å². The molecule has 1 saturated heterocycles. The standard InChI is InChI=1S/C33H35N5O4S/c1-20(2)11-14-27(39)37-17-7-8-22(19-37)35-31(40)30-29-28-26(15-16-34-32(28)43-30)38(33(41)36-29)25-13-12-24(18-21(25)3)42-23-9-5-4-6-10-23/h4-6,9-16,18,20,22,29-30H,7-8,17,19H2,1-3H3,(H,35,40)(H,36,41)/b14-11+/t22?,29?,30-/m1/s1. The lowest BCUT2D eigenvalue weighted by Gasteiger charge is -2.36. The molecule has 3 aliphatic rings. The third-order valence-corrected chi connectivity index (χ3v) is 9.14. The van der Waals surface area contributed by atoms with Crippen molar-refractivity contribution in [1.82, 2.24) is 20.5 Å². The molecule has 0 spiro atoms. The summed E-state index contributed by atoms with van der Waals surface area (Å²) >= 11 is 1.37. The fourth-order valence-corrected chi connectivity index (χ4v) is 7.03. The summed E-state index contributed by atoms with van der Waals surface area (Å²) in [5.74, 6) is 1.51. The number of hydrogen-bond donors (Lipinski definition) is 2. The second-order valence-electron chi connectivity index (χ2n) is 11.4. The summed E-state index contributed by atoms with van der Waals surface area (Å²) in [6, 6.07) is 16.0. The minimum atomic E-state index is -0.565. The summed E-state index contributed by atoms with van der Waals surface area (Å²) in [4.78, 5) is 47.9. The number of likely N-dealkylation sites (tertiary alicyclic amines) is 1. The average Bonchev–Trinajstić information content (AvgIpc) is 3.37.